The van der Waals surface area contributed by atoms with Gasteiger partial charge in [0.05, 0.1) is 14.7 Å². The largest absolute Gasteiger partial charge is 0.347 e. The second kappa shape index (κ2) is 7.52. The second-order valence-corrected chi connectivity index (χ2v) is 8.83. The molecule has 3 rings (SSSR count). The van der Waals surface area contributed by atoms with Gasteiger partial charge in [-0.3, -0.25) is 14.9 Å². The number of sulfonamides is 1. The predicted molar refractivity (Wildman–Crippen MR) is 96.6 cm³/mol. The van der Waals surface area contributed by atoms with Crippen LogP contribution in [0.1, 0.15) is 28.1 Å². The van der Waals surface area contributed by atoms with Crippen molar-refractivity contribution >= 4 is 32.3 Å². The SMILES string of the molecule is O=C(NCc1ccc(S(=O)(=O)N2CCCC2)cc1)c1ccc([N+](=O)[O-])s1. The maximum Gasteiger partial charge on any atom is 0.324 e. The van der Waals surface area contributed by atoms with Gasteiger partial charge >= 0.3 is 5.00 Å². The van der Waals surface area contributed by atoms with Crippen LogP contribution >= 0.6 is 11.3 Å². The lowest BCUT2D eigenvalue weighted by atomic mass is 10.2. The Hall–Kier alpha value is -2.30. The highest BCUT2D eigenvalue weighted by Crippen LogP contribution is 2.24. The molecule has 1 aromatic heterocycles. The first kappa shape index (κ1) is 18.5. The van der Waals surface area contributed by atoms with Gasteiger partial charge in [0.15, 0.2) is 0 Å². The van der Waals surface area contributed by atoms with E-state index in [2.05, 4.69) is 5.32 Å². The molecule has 1 N–H and O–H groups in total. The van der Waals surface area contributed by atoms with Crippen LogP contribution in [0, 0.1) is 10.1 Å². The first-order valence-electron chi connectivity index (χ1n) is 7.99. The summed E-state index contributed by atoms with van der Waals surface area (Å²) >= 11 is 0.808. The number of thiophene rings is 1. The molecule has 10 heteroatoms. The van der Waals surface area contributed by atoms with Gasteiger partial charge in [-0.2, -0.15) is 4.31 Å². The highest BCUT2D eigenvalue weighted by atomic mass is 32.2. The molecular formula is C16H17N3O5S2. The Morgan fingerprint density at radius 3 is 2.38 bits per heavy atom. The fourth-order valence-corrected chi connectivity index (χ4v) is 4.93. The van der Waals surface area contributed by atoms with Crippen molar-refractivity contribution in [3.8, 4) is 0 Å². The fourth-order valence-electron chi connectivity index (χ4n) is 2.67. The van der Waals surface area contributed by atoms with E-state index in [-0.39, 0.29) is 21.3 Å². The van der Waals surface area contributed by atoms with Crippen LogP contribution in [0.2, 0.25) is 0 Å². The summed E-state index contributed by atoms with van der Waals surface area (Å²) < 4.78 is 26.4. The zero-order valence-electron chi connectivity index (χ0n) is 13.8. The zero-order valence-corrected chi connectivity index (χ0v) is 15.4. The number of carbonyl (C=O) groups excluding carboxylic acids is 1. The summed E-state index contributed by atoms with van der Waals surface area (Å²) in [5.41, 5.74) is 0.741. The Bertz CT molecular complexity index is 916. The quantitative estimate of drug-likeness (QED) is 0.596. The number of carbonyl (C=O) groups is 1. The molecule has 8 nitrogen and oxygen atoms in total. The Kier molecular flexibility index (Phi) is 5.35. The number of hydrogen-bond acceptors (Lipinski definition) is 6. The lowest BCUT2D eigenvalue weighted by Crippen LogP contribution is -2.27. The summed E-state index contributed by atoms with van der Waals surface area (Å²) in [6.07, 6.45) is 1.76. The molecule has 1 aliphatic heterocycles. The van der Waals surface area contributed by atoms with Gasteiger partial charge in [0.25, 0.3) is 5.91 Å². The number of benzene rings is 1. The van der Waals surface area contributed by atoms with Crippen LogP contribution in [0.15, 0.2) is 41.3 Å². The number of nitrogens with one attached hydrogen (secondary N) is 1. The van der Waals surface area contributed by atoms with Crippen molar-refractivity contribution in [1.29, 1.82) is 0 Å². The average Bonchev–Trinajstić information content (AvgIpc) is 3.31. The molecule has 0 unspecified atom stereocenters. The van der Waals surface area contributed by atoms with E-state index < -0.39 is 20.9 Å². The molecule has 1 fully saturated rings. The average molecular weight is 395 g/mol. The summed E-state index contributed by atoms with van der Waals surface area (Å²) in [6.45, 7) is 1.30. The summed E-state index contributed by atoms with van der Waals surface area (Å²) in [6, 6.07) is 9.07. The highest BCUT2D eigenvalue weighted by Gasteiger charge is 2.26. The molecule has 1 aliphatic rings. The minimum Gasteiger partial charge on any atom is -0.347 e. The van der Waals surface area contributed by atoms with Crippen LogP contribution in [0.4, 0.5) is 5.00 Å². The highest BCUT2D eigenvalue weighted by molar-refractivity contribution is 7.89. The van der Waals surface area contributed by atoms with Crippen LogP contribution in [0.3, 0.4) is 0 Å². The Labute approximate surface area is 154 Å². The van der Waals surface area contributed by atoms with E-state index in [1.165, 1.54) is 28.6 Å². The lowest BCUT2D eigenvalue weighted by molar-refractivity contribution is -0.380. The van der Waals surface area contributed by atoms with E-state index in [1.807, 2.05) is 0 Å². The smallest absolute Gasteiger partial charge is 0.324 e. The minimum absolute atomic E-state index is 0.0911. The van der Waals surface area contributed by atoms with E-state index in [0.29, 0.717) is 13.1 Å². The summed E-state index contributed by atoms with van der Waals surface area (Å²) in [4.78, 5) is 22.6. The van der Waals surface area contributed by atoms with Gasteiger partial charge in [0.1, 0.15) is 0 Å². The van der Waals surface area contributed by atoms with Crippen LogP contribution < -0.4 is 5.32 Å². The molecule has 2 aromatic rings. The van der Waals surface area contributed by atoms with Crippen LogP contribution in [-0.4, -0.2) is 36.6 Å². The molecule has 0 aliphatic carbocycles. The van der Waals surface area contributed by atoms with Crippen molar-refractivity contribution in [1.82, 2.24) is 9.62 Å². The Morgan fingerprint density at radius 1 is 1.15 bits per heavy atom. The third kappa shape index (κ3) is 3.92. The van der Waals surface area contributed by atoms with Gasteiger partial charge in [-0.1, -0.05) is 23.5 Å². The normalized spacial score (nSPS) is 15.1. The minimum atomic E-state index is -3.45. The van der Waals surface area contributed by atoms with Crippen molar-refractivity contribution in [3.05, 3.63) is 57.0 Å². The van der Waals surface area contributed by atoms with Crippen molar-refractivity contribution in [2.75, 3.05) is 13.1 Å². The molecule has 0 atom stereocenters. The van der Waals surface area contributed by atoms with Crippen molar-refractivity contribution in [3.63, 3.8) is 0 Å². The van der Waals surface area contributed by atoms with Gasteiger partial charge in [0.2, 0.25) is 10.0 Å². The number of rotatable bonds is 6. The summed E-state index contributed by atoms with van der Waals surface area (Å²) in [5.74, 6) is -0.406. The monoisotopic (exact) mass is 395 g/mol. The fraction of sp³-hybridized carbons (Fsp3) is 0.312. The molecule has 138 valence electrons. The van der Waals surface area contributed by atoms with E-state index >= 15 is 0 Å². The van der Waals surface area contributed by atoms with E-state index in [9.17, 15) is 23.3 Å². The van der Waals surface area contributed by atoms with Crippen molar-refractivity contribution < 1.29 is 18.1 Å². The number of nitrogens with zero attached hydrogens (tertiary/aromatic N) is 2. The molecule has 0 saturated carbocycles. The van der Waals surface area contributed by atoms with E-state index in [0.717, 1.165) is 29.7 Å². The molecule has 1 amide bonds. The van der Waals surface area contributed by atoms with Gasteiger partial charge < -0.3 is 5.32 Å². The van der Waals surface area contributed by atoms with Gasteiger partial charge in [-0.25, -0.2) is 8.42 Å². The van der Waals surface area contributed by atoms with Crippen LogP contribution in [-0.2, 0) is 16.6 Å². The first-order chi connectivity index (χ1) is 12.4. The maximum atomic E-state index is 12.5. The van der Waals surface area contributed by atoms with E-state index in [4.69, 9.17) is 0 Å². The topological polar surface area (TPSA) is 110 Å². The van der Waals surface area contributed by atoms with E-state index in [1.54, 1.807) is 12.1 Å². The van der Waals surface area contributed by atoms with Gasteiger partial charge in [-0.15, -0.1) is 0 Å². The lowest BCUT2D eigenvalue weighted by Gasteiger charge is -2.15. The molecular weight excluding hydrogens is 378 g/mol. The zero-order chi connectivity index (χ0) is 18.7. The van der Waals surface area contributed by atoms with Crippen LogP contribution in [0.5, 0.6) is 0 Å². The number of nitro groups is 1. The number of hydrogen-bond donors (Lipinski definition) is 1. The van der Waals surface area contributed by atoms with Gasteiger partial charge in [0, 0.05) is 25.7 Å². The third-order valence-electron chi connectivity index (χ3n) is 4.07. The molecule has 1 aromatic carbocycles. The van der Waals surface area contributed by atoms with Crippen molar-refractivity contribution in [2.45, 2.75) is 24.3 Å². The van der Waals surface area contributed by atoms with Crippen LogP contribution in [0.25, 0.3) is 0 Å². The van der Waals surface area contributed by atoms with Crippen molar-refractivity contribution in [2.24, 2.45) is 0 Å². The summed E-state index contributed by atoms with van der Waals surface area (Å²) in [7, 11) is -3.45. The molecule has 0 radical (unpaired) electrons. The maximum absolute atomic E-state index is 12.5. The van der Waals surface area contributed by atoms with Gasteiger partial charge in [-0.05, 0) is 36.6 Å². The number of amides is 1. The third-order valence-corrected chi connectivity index (χ3v) is 7.02. The Morgan fingerprint density at radius 2 is 1.81 bits per heavy atom. The molecule has 2 heterocycles. The molecule has 0 bridgehead atoms. The first-order valence-corrected chi connectivity index (χ1v) is 10.2. The molecule has 1 saturated heterocycles. The standard InChI is InChI=1S/C16H17N3O5S2/c20-16(14-7-8-15(25-14)19(21)22)17-11-12-3-5-13(6-4-12)26(23,24)18-9-1-2-10-18/h3-8H,1-2,9-11H2,(H,17,20). The Balaban J connectivity index is 1.62. The summed E-state index contributed by atoms with van der Waals surface area (Å²) in [5, 5.41) is 13.2. The molecule has 0 spiro atoms. The molecule has 26 heavy (non-hydrogen) atoms. The predicted octanol–water partition coefficient (Wildman–Crippen LogP) is 2.37. The second-order valence-electron chi connectivity index (χ2n) is 5.83.